The number of anilines is 1. The molecule has 0 bridgehead atoms. The molecule has 0 unspecified atom stereocenters. The molecule has 3 heterocycles. The zero-order valence-corrected chi connectivity index (χ0v) is 11.2. The second-order valence-corrected chi connectivity index (χ2v) is 5.98. The van der Waals surface area contributed by atoms with E-state index in [-0.39, 0.29) is 11.8 Å². The van der Waals surface area contributed by atoms with Gasteiger partial charge in [-0.2, -0.15) is 0 Å². The topological polar surface area (TPSA) is 75.2 Å². The maximum atomic E-state index is 12.0. The normalized spacial score (nSPS) is 28.3. The second kappa shape index (κ2) is 4.01. The second-order valence-electron chi connectivity index (χ2n) is 5.98. The standard InChI is InChI=1S/C14H16N4O2/c19-11-6-14(13(20)17-11)4-5-18(7-14)12-9-2-1-3-10(9)15-8-16-12/h8H,1-7H2,(H,17,19,20)/t14-/m1/s1. The molecule has 1 atom stereocenters. The number of imide groups is 1. The maximum absolute atomic E-state index is 12.0. The van der Waals surface area contributed by atoms with Crippen molar-refractivity contribution in [3.63, 3.8) is 0 Å². The molecule has 1 aliphatic carbocycles. The summed E-state index contributed by atoms with van der Waals surface area (Å²) in [6.45, 7) is 1.37. The van der Waals surface area contributed by atoms with Crippen molar-refractivity contribution in [2.75, 3.05) is 18.0 Å². The quantitative estimate of drug-likeness (QED) is 0.740. The minimum Gasteiger partial charge on any atom is -0.355 e. The number of rotatable bonds is 1. The highest BCUT2D eigenvalue weighted by Crippen LogP contribution is 2.40. The number of fused-ring (bicyclic) bond motifs is 1. The molecule has 104 valence electrons. The molecule has 20 heavy (non-hydrogen) atoms. The summed E-state index contributed by atoms with van der Waals surface area (Å²) in [5.74, 6) is 0.706. The molecule has 2 aliphatic heterocycles. The average molecular weight is 272 g/mol. The minimum absolute atomic E-state index is 0.115. The molecule has 0 saturated carbocycles. The molecule has 6 heteroatoms. The van der Waals surface area contributed by atoms with Gasteiger partial charge in [-0.05, 0) is 25.7 Å². The molecular weight excluding hydrogens is 256 g/mol. The molecular formula is C14H16N4O2. The SMILES string of the molecule is O=C1C[C@@]2(CCN(c3ncnc4c3CCC4)C2)C(=O)N1. The summed E-state index contributed by atoms with van der Waals surface area (Å²) in [6, 6.07) is 0. The van der Waals surface area contributed by atoms with Crippen molar-refractivity contribution in [2.45, 2.75) is 32.1 Å². The monoisotopic (exact) mass is 272 g/mol. The lowest BCUT2D eigenvalue weighted by Gasteiger charge is -2.22. The van der Waals surface area contributed by atoms with Gasteiger partial charge in [0.25, 0.3) is 0 Å². The van der Waals surface area contributed by atoms with Crippen molar-refractivity contribution < 1.29 is 9.59 Å². The van der Waals surface area contributed by atoms with Gasteiger partial charge in [0.05, 0.1) is 5.41 Å². The lowest BCUT2D eigenvalue weighted by molar-refractivity contribution is -0.127. The van der Waals surface area contributed by atoms with Crippen LogP contribution in [0, 0.1) is 5.41 Å². The van der Waals surface area contributed by atoms with Crippen LogP contribution in [-0.4, -0.2) is 34.9 Å². The predicted octanol–water partition coefficient (Wildman–Crippen LogP) is 0.208. The highest BCUT2D eigenvalue weighted by atomic mass is 16.2. The average Bonchev–Trinajstić information content (AvgIpc) is 3.10. The predicted molar refractivity (Wildman–Crippen MR) is 71.1 cm³/mol. The van der Waals surface area contributed by atoms with E-state index in [0.717, 1.165) is 43.7 Å². The van der Waals surface area contributed by atoms with Crippen LogP contribution >= 0.6 is 0 Å². The van der Waals surface area contributed by atoms with Crippen LogP contribution in [0.2, 0.25) is 0 Å². The van der Waals surface area contributed by atoms with Crippen LogP contribution in [-0.2, 0) is 22.4 Å². The highest BCUT2D eigenvalue weighted by molar-refractivity contribution is 6.06. The highest BCUT2D eigenvalue weighted by Gasteiger charge is 2.51. The van der Waals surface area contributed by atoms with Crippen LogP contribution in [0.4, 0.5) is 5.82 Å². The van der Waals surface area contributed by atoms with E-state index in [1.807, 2.05) is 0 Å². The van der Waals surface area contributed by atoms with E-state index in [4.69, 9.17) is 0 Å². The fraction of sp³-hybridized carbons (Fsp3) is 0.571. The van der Waals surface area contributed by atoms with Gasteiger partial charge in [-0.1, -0.05) is 0 Å². The van der Waals surface area contributed by atoms with Gasteiger partial charge in [-0.3, -0.25) is 14.9 Å². The largest absolute Gasteiger partial charge is 0.355 e. The van der Waals surface area contributed by atoms with Gasteiger partial charge < -0.3 is 4.90 Å². The molecule has 6 nitrogen and oxygen atoms in total. The van der Waals surface area contributed by atoms with Crippen LogP contribution < -0.4 is 10.2 Å². The first-order valence-corrected chi connectivity index (χ1v) is 7.10. The van der Waals surface area contributed by atoms with Crippen LogP contribution in [0.25, 0.3) is 0 Å². The molecule has 1 spiro atoms. The Balaban J connectivity index is 1.65. The Kier molecular flexibility index (Phi) is 2.37. The van der Waals surface area contributed by atoms with Crippen LogP contribution in [0.3, 0.4) is 0 Å². The number of nitrogens with one attached hydrogen (secondary N) is 1. The summed E-state index contributed by atoms with van der Waals surface area (Å²) in [5, 5.41) is 2.44. The van der Waals surface area contributed by atoms with Gasteiger partial charge in [-0.15, -0.1) is 0 Å². The first kappa shape index (κ1) is 11.8. The first-order valence-electron chi connectivity index (χ1n) is 7.10. The zero-order chi connectivity index (χ0) is 13.7. The Morgan fingerprint density at radius 1 is 1.25 bits per heavy atom. The Hall–Kier alpha value is -1.98. The van der Waals surface area contributed by atoms with Gasteiger partial charge >= 0.3 is 0 Å². The number of aryl methyl sites for hydroxylation is 1. The number of hydrogen-bond donors (Lipinski definition) is 1. The molecule has 2 fully saturated rings. The first-order chi connectivity index (χ1) is 9.68. The number of carbonyl (C=O) groups is 2. The third kappa shape index (κ3) is 1.57. The van der Waals surface area contributed by atoms with Crippen LogP contribution in [0.15, 0.2) is 6.33 Å². The van der Waals surface area contributed by atoms with Gasteiger partial charge in [0.15, 0.2) is 0 Å². The summed E-state index contributed by atoms with van der Waals surface area (Å²) in [6.07, 6.45) is 5.81. The van der Waals surface area contributed by atoms with E-state index >= 15 is 0 Å². The van der Waals surface area contributed by atoms with Gasteiger partial charge in [0.1, 0.15) is 12.1 Å². The van der Waals surface area contributed by atoms with E-state index in [1.165, 1.54) is 5.56 Å². The third-order valence-corrected chi connectivity index (χ3v) is 4.74. The van der Waals surface area contributed by atoms with Crippen molar-refractivity contribution >= 4 is 17.6 Å². The van der Waals surface area contributed by atoms with E-state index < -0.39 is 5.41 Å². The summed E-state index contributed by atoms with van der Waals surface area (Å²) >= 11 is 0. The molecule has 0 aromatic carbocycles. The molecule has 1 aromatic rings. The Bertz CT molecular complexity index is 615. The van der Waals surface area contributed by atoms with Crippen molar-refractivity contribution in [1.82, 2.24) is 15.3 Å². The molecule has 3 aliphatic rings. The Morgan fingerprint density at radius 3 is 2.95 bits per heavy atom. The lowest BCUT2D eigenvalue weighted by Crippen LogP contribution is -2.35. The molecule has 1 aromatic heterocycles. The molecule has 2 saturated heterocycles. The van der Waals surface area contributed by atoms with Crippen LogP contribution in [0.1, 0.15) is 30.5 Å². The van der Waals surface area contributed by atoms with Crippen LogP contribution in [0.5, 0.6) is 0 Å². The van der Waals surface area contributed by atoms with Crippen molar-refractivity contribution in [3.05, 3.63) is 17.6 Å². The van der Waals surface area contributed by atoms with E-state index in [2.05, 4.69) is 20.2 Å². The summed E-state index contributed by atoms with van der Waals surface area (Å²) in [5.41, 5.74) is 1.84. The number of carbonyl (C=O) groups excluding carboxylic acids is 2. The Labute approximate surface area is 116 Å². The van der Waals surface area contributed by atoms with E-state index in [0.29, 0.717) is 13.0 Å². The zero-order valence-electron chi connectivity index (χ0n) is 11.2. The number of aromatic nitrogens is 2. The summed E-state index contributed by atoms with van der Waals surface area (Å²) in [7, 11) is 0. The smallest absolute Gasteiger partial charge is 0.235 e. The van der Waals surface area contributed by atoms with Gasteiger partial charge in [0.2, 0.25) is 11.8 Å². The number of nitrogens with zero attached hydrogens (tertiary/aromatic N) is 3. The summed E-state index contributed by atoms with van der Waals surface area (Å²) < 4.78 is 0. The number of amides is 2. The molecule has 1 N–H and O–H groups in total. The lowest BCUT2D eigenvalue weighted by atomic mass is 9.85. The van der Waals surface area contributed by atoms with Gasteiger partial charge in [0, 0.05) is 30.8 Å². The van der Waals surface area contributed by atoms with E-state index in [1.54, 1.807) is 6.33 Å². The molecule has 0 radical (unpaired) electrons. The number of hydrogen-bond acceptors (Lipinski definition) is 5. The van der Waals surface area contributed by atoms with Gasteiger partial charge in [-0.25, -0.2) is 9.97 Å². The fourth-order valence-corrected chi connectivity index (χ4v) is 3.69. The third-order valence-electron chi connectivity index (χ3n) is 4.74. The maximum Gasteiger partial charge on any atom is 0.235 e. The molecule has 4 rings (SSSR count). The minimum atomic E-state index is -0.534. The molecule has 2 amide bonds. The Morgan fingerprint density at radius 2 is 2.15 bits per heavy atom. The fourth-order valence-electron chi connectivity index (χ4n) is 3.69. The van der Waals surface area contributed by atoms with Crippen molar-refractivity contribution in [3.8, 4) is 0 Å². The van der Waals surface area contributed by atoms with E-state index in [9.17, 15) is 9.59 Å². The van der Waals surface area contributed by atoms with Crippen molar-refractivity contribution in [2.24, 2.45) is 5.41 Å². The summed E-state index contributed by atoms with van der Waals surface area (Å²) in [4.78, 5) is 34.4. The van der Waals surface area contributed by atoms with Crippen molar-refractivity contribution in [1.29, 1.82) is 0 Å².